The molecule has 0 heterocycles. The van der Waals surface area contributed by atoms with Crippen LogP contribution < -0.4 is 4.74 Å². The van der Waals surface area contributed by atoms with Gasteiger partial charge < -0.3 is 14.7 Å². The van der Waals surface area contributed by atoms with Crippen molar-refractivity contribution < 1.29 is 9.84 Å². The molecule has 4 heteroatoms. The van der Waals surface area contributed by atoms with Gasteiger partial charge in [-0.05, 0) is 85.1 Å². The van der Waals surface area contributed by atoms with Crippen LogP contribution in [0.5, 0.6) is 11.5 Å². The third-order valence-electron chi connectivity index (χ3n) is 5.49. The number of phenols is 1. The number of hydrogen-bond donors (Lipinski definition) is 1. The predicted molar refractivity (Wildman–Crippen MR) is 143 cm³/mol. The van der Waals surface area contributed by atoms with Crippen LogP contribution >= 0.6 is 12.4 Å². The van der Waals surface area contributed by atoms with Gasteiger partial charge in [0.2, 0.25) is 0 Å². The maximum atomic E-state index is 9.82. The number of rotatable bonds is 9. The van der Waals surface area contributed by atoms with Crippen LogP contribution in [-0.4, -0.2) is 37.3 Å². The van der Waals surface area contributed by atoms with Crippen molar-refractivity contribution in [3.05, 3.63) is 102 Å². The Kier molecular flexibility index (Phi) is 9.77. The summed E-state index contributed by atoms with van der Waals surface area (Å²) in [4.78, 5) is 2.10. The molecule has 0 aliphatic rings. The van der Waals surface area contributed by atoms with Gasteiger partial charge in [-0.2, -0.15) is 0 Å². The maximum Gasteiger partial charge on any atom is 0.119 e. The minimum Gasteiger partial charge on any atom is -0.508 e. The van der Waals surface area contributed by atoms with Crippen LogP contribution in [0.4, 0.5) is 0 Å². The Hall–Kier alpha value is -3.01. The van der Waals surface area contributed by atoms with E-state index in [1.807, 2.05) is 45.3 Å². The summed E-state index contributed by atoms with van der Waals surface area (Å²) in [5.41, 5.74) is 8.01. The molecule has 0 amide bonds. The first-order valence-electron chi connectivity index (χ1n) is 11.1. The molecule has 174 valence electrons. The number of benzene rings is 3. The van der Waals surface area contributed by atoms with Crippen molar-refractivity contribution in [2.45, 2.75) is 20.3 Å². The number of aromatic hydroxyl groups is 1. The fourth-order valence-electron chi connectivity index (χ4n) is 3.69. The third-order valence-corrected chi connectivity index (χ3v) is 5.49. The SMILES string of the molecule is C=C(C)c1ccc(/C(CC)=C(/c2ccc(O)cc2)c2ccc(OCCN(C)C)cc2)cc1.Cl. The van der Waals surface area contributed by atoms with Crippen molar-refractivity contribution in [3.63, 3.8) is 0 Å². The molecule has 0 spiro atoms. The van der Waals surface area contributed by atoms with Crippen LogP contribution in [0.1, 0.15) is 42.5 Å². The Morgan fingerprint density at radius 3 is 1.79 bits per heavy atom. The largest absolute Gasteiger partial charge is 0.508 e. The van der Waals surface area contributed by atoms with Gasteiger partial charge in [0, 0.05) is 6.54 Å². The highest BCUT2D eigenvalue weighted by Crippen LogP contribution is 2.36. The van der Waals surface area contributed by atoms with Crippen molar-refractivity contribution in [2.24, 2.45) is 0 Å². The molecule has 33 heavy (non-hydrogen) atoms. The van der Waals surface area contributed by atoms with Crippen LogP contribution in [0.2, 0.25) is 0 Å². The van der Waals surface area contributed by atoms with E-state index in [0.717, 1.165) is 46.6 Å². The van der Waals surface area contributed by atoms with Crippen LogP contribution in [0.15, 0.2) is 79.4 Å². The lowest BCUT2D eigenvalue weighted by Crippen LogP contribution is -2.19. The van der Waals surface area contributed by atoms with E-state index in [0.29, 0.717) is 6.61 Å². The highest BCUT2D eigenvalue weighted by atomic mass is 35.5. The summed E-state index contributed by atoms with van der Waals surface area (Å²) in [6, 6.07) is 24.3. The number of allylic oxidation sites excluding steroid dienone is 2. The summed E-state index contributed by atoms with van der Waals surface area (Å²) in [5, 5.41) is 9.82. The first-order chi connectivity index (χ1) is 15.4. The van der Waals surface area contributed by atoms with Crippen molar-refractivity contribution in [2.75, 3.05) is 27.2 Å². The molecule has 3 nitrogen and oxygen atoms in total. The van der Waals surface area contributed by atoms with Crippen molar-refractivity contribution >= 4 is 29.1 Å². The van der Waals surface area contributed by atoms with E-state index in [2.05, 4.69) is 54.8 Å². The van der Waals surface area contributed by atoms with Gasteiger partial charge >= 0.3 is 0 Å². The van der Waals surface area contributed by atoms with Gasteiger partial charge in [-0.3, -0.25) is 0 Å². The lowest BCUT2D eigenvalue weighted by Gasteiger charge is -2.17. The zero-order valence-corrected chi connectivity index (χ0v) is 20.8. The number of hydrogen-bond acceptors (Lipinski definition) is 3. The van der Waals surface area contributed by atoms with Crippen LogP contribution in [0, 0.1) is 0 Å². The molecule has 0 atom stereocenters. The van der Waals surface area contributed by atoms with E-state index in [-0.39, 0.29) is 18.2 Å². The number of nitrogens with zero attached hydrogens (tertiary/aromatic N) is 1. The van der Waals surface area contributed by atoms with Crippen molar-refractivity contribution in [1.29, 1.82) is 0 Å². The van der Waals surface area contributed by atoms with Gasteiger partial charge in [0.25, 0.3) is 0 Å². The lowest BCUT2D eigenvalue weighted by molar-refractivity contribution is 0.261. The van der Waals surface area contributed by atoms with Crippen LogP contribution in [0.25, 0.3) is 16.7 Å². The monoisotopic (exact) mass is 463 g/mol. The summed E-state index contributed by atoms with van der Waals surface area (Å²) in [7, 11) is 4.08. The second-order valence-corrected chi connectivity index (χ2v) is 8.29. The standard InChI is InChI=1S/C29H33NO2.ClH/c1-6-28(23-9-7-22(8-10-23)21(2)3)29(24-11-15-26(31)16-12-24)25-13-17-27(18-14-25)32-20-19-30(4)5;/h7-18,31H,2,6,19-20H2,1,3-5H3;1H/b29-28-;. The van der Waals surface area contributed by atoms with E-state index in [9.17, 15) is 5.11 Å². The fourth-order valence-corrected chi connectivity index (χ4v) is 3.69. The smallest absolute Gasteiger partial charge is 0.119 e. The Bertz CT molecular complexity index is 1070. The molecule has 3 aromatic carbocycles. The topological polar surface area (TPSA) is 32.7 Å². The first kappa shape index (κ1) is 26.2. The number of halogens is 1. The normalized spacial score (nSPS) is 11.5. The molecule has 0 bridgehead atoms. The molecule has 0 aliphatic heterocycles. The number of phenolic OH excluding ortho intramolecular Hbond substituents is 1. The quantitative estimate of drug-likeness (QED) is 0.342. The van der Waals surface area contributed by atoms with Gasteiger partial charge in [-0.15, -0.1) is 12.4 Å². The Morgan fingerprint density at radius 2 is 1.30 bits per heavy atom. The van der Waals surface area contributed by atoms with Crippen LogP contribution in [-0.2, 0) is 0 Å². The zero-order valence-electron chi connectivity index (χ0n) is 20.0. The molecule has 0 saturated heterocycles. The van der Waals surface area contributed by atoms with E-state index in [1.165, 1.54) is 11.1 Å². The Labute approximate surface area is 204 Å². The van der Waals surface area contributed by atoms with Crippen molar-refractivity contribution in [3.8, 4) is 11.5 Å². The van der Waals surface area contributed by atoms with Gasteiger partial charge in [0.05, 0.1) is 0 Å². The molecule has 0 saturated carbocycles. The van der Waals surface area contributed by atoms with Crippen molar-refractivity contribution in [1.82, 2.24) is 4.90 Å². The van der Waals surface area contributed by atoms with E-state index in [1.54, 1.807) is 12.1 Å². The molecule has 0 unspecified atom stereocenters. The van der Waals surface area contributed by atoms with E-state index < -0.39 is 0 Å². The first-order valence-corrected chi connectivity index (χ1v) is 11.1. The lowest BCUT2D eigenvalue weighted by atomic mass is 9.87. The third kappa shape index (κ3) is 6.98. The average molecular weight is 464 g/mol. The molecular formula is C29H34ClNO2. The fraction of sp³-hybridized carbons (Fsp3) is 0.241. The second-order valence-electron chi connectivity index (χ2n) is 8.29. The molecular weight excluding hydrogens is 430 g/mol. The van der Waals surface area contributed by atoms with Gasteiger partial charge in [0.15, 0.2) is 0 Å². The zero-order chi connectivity index (χ0) is 23.1. The molecule has 1 N–H and O–H groups in total. The summed E-state index contributed by atoms with van der Waals surface area (Å²) >= 11 is 0. The molecule has 0 aromatic heterocycles. The Morgan fingerprint density at radius 1 is 0.818 bits per heavy atom. The average Bonchev–Trinajstić information content (AvgIpc) is 2.79. The Balaban J connectivity index is 0.00000385. The molecule has 3 rings (SSSR count). The van der Waals surface area contributed by atoms with E-state index >= 15 is 0 Å². The highest BCUT2D eigenvalue weighted by Gasteiger charge is 2.14. The predicted octanol–water partition coefficient (Wildman–Crippen LogP) is 7.16. The van der Waals surface area contributed by atoms with Gasteiger partial charge in [0.1, 0.15) is 18.1 Å². The van der Waals surface area contributed by atoms with Crippen LogP contribution in [0.3, 0.4) is 0 Å². The van der Waals surface area contributed by atoms with E-state index in [4.69, 9.17) is 4.74 Å². The molecule has 0 radical (unpaired) electrons. The molecule has 0 aliphatic carbocycles. The summed E-state index contributed by atoms with van der Waals surface area (Å²) in [6.45, 7) is 9.78. The molecule has 0 fully saturated rings. The molecule has 3 aromatic rings. The highest BCUT2D eigenvalue weighted by molar-refractivity contribution is 5.98. The minimum absolute atomic E-state index is 0. The maximum absolute atomic E-state index is 9.82. The summed E-state index contributed by atoms with van der Waals surface area (Å²) in [5.74, 6) is 1.13. The second kappa shape index (κ2) is 12.3. The summed E-state index contributed by atoms with van der Waals surface area (Å²) < 4.78 is 5.88. The summed E-state index contributed by atoms with van der Waals surface area (Å²) in [6.07, 6.45) is 0.879. The van der Waals surface area contributed by atoms with Gasteiger partial charge in [-0.25, -0.2) is 0 Å². The minimum atomic E-state index is 0. The number of likely N-dealkylation sites (N-methyl/N-ethyl adjacent to an activating group) is 1. The van der Waals surface area contributed by atoms with Gasteiger partial charge in [-0.1, -0.05) is 67.6 Å². The number of ether oxygens (including phenoxy) is 1.